The Bertz CT molecular complexity index is 1560. The quantitative estimate of drug-likeness (QED) is 0.0891. The molecule has 0 saturated carbocycles. The van der Waals surface area contributed by atoms with Crippen LogP contribution in [0.1, 0.15) is 98.2 Å². The molecule has 2 N–H and O–H groups in total. The van der Waals surface area contributed by atoms with Crippen molar-refractivity contribution in [3.8, 4) is 5.75 Å². The average Bonchev–Trinajstić information content (AvgIpc) is 3.46. The van der Waals surface area contributed by atoms with Crippen molar-refractivity contribution in [2.45, 2.75) is 76.7 Å². The number of rotatable bonds is 20. The molecule has 1 aliphatic heterocycles. The number of hydrogen-bond donors (Lipinski definition) is 2. The van der Waals surface area contributed by atoms with Gasteiger partial charge in [-0.05, 0) is 60.2 Å². The molecule has 0 spiro atoms. The number of hydrogen-bond acceptors (Lipinski definition) is 8. The van der Waals surface area contributed by atoms with E-state index in [4.69, 9.17) is 14.3 Å². The molecule has 1 aliphatic rings. The van der Waals surface area contributed by atoms with Gasteiger partial charge in [-0.15, -0.1) is 5.06 Å². The third-order valence-corrected chi connectivity index (χ3v) is 8.51. The number of benzene rings is 3. The Morgan fingerprint density at radius 3 is 1.96 bits per heavy atom. The Morgan fingerprint density at radius 1 is 0.720 bits per heavy atom. The van der Waals surface area contributed by atoms with Crippen LogP contribution in [0.15, 0.2) is 78.9 Å². The summed E-state index contributed by atoms with van der Waals surface area (Å²) in [7, 11) is 1.63. The predicted molar refractivity (Wildman–Crippen MR) is 187 cm³/mol. The van der Waals surface area contributed by atoms with Gasteiger partial charge in [0.25, 0.3) is 17.7 Å². The van der Waals surface area contributed by atoms with Crippen molar-refractivity contribution in [3.05, 3.63) is 101 Å². The summed E-state index contributed by atoms with van der Waals surface area (Å²) in [6, 6.07) is 25.5. The Morgan fingerprint density at radius 2 is 1.32 bits per heavy atom. The summed E-state index contributed by atoms with van der Waals surface area (Å²) in [5.41, 5.74) is 2.41. The number of unbranched alkanes of at least 4 members (excludes halogenated alkanes) is 4. The van der Waals surface area contributed by atoms with Gasteiger partial charge in [0.1, 0.15) is 11.4 Å². The van der Waals surface area contributed by atoms with Gasteiger partial charge in [0.05, 0.1) is 13.5 Å². The number of nitrogens with one attached hydrogen (secondary N) is 2. The lowest BCUT2D eigenvalue weighted by Gasteiger charge is -2.36. The number of nitrogens with zero attached hydrogens (tertiary/aromatic N) is 1. The molecule has 50 heavy (non-hydrogen) atoms. The smallest absolute Gasteiger partial charge is 0.333 e. The van der Waals surface area contributed by atoms with Gasteiger partial charge in [-0.1, -0.05) is 80.8 Å². The molecule has 0 bridgehead atoms. The van der Waals surface area contributed by atoms with Gasteiger partial charge in [0.15, 0.2) is 0 Å². The van der Waals surface area contributed by atoms with Crippen LogP contribution in [-0.2, 0) is 34.4 Å². The molecule has 1 atom stereocenters. The van der Waals surface area contributed by atoms with Gasteiger partial charge in [-0.25, -0.2) is 4.79 Å². The van der Waals surface area contributed by atoms with E-state index in [9.17, 15) is 24.0 Å². The zero-order chi connectivity index (χ0) is 35.8. The van der Waals surface area contributed by atoms with Crippen LogP contribution in [0.4, 0.5) is 0 Å². The molecule has 0 radical (unpaired) electrons. The van der Waals surface area contributed by atoms with Gasteiger partial charge in [0.2, 0.25) is 5.91 Å². The summed E-state index contributed by atoms with van der Waals surface area (Å²) in [5.74, 6) is -1.58. The minimum Gasteiger partial charge on any atom is -0.497 e. The zero-order valence-corrected chi connectivity index (χ0v) is 28.9. The zero-order valence-electron chi connectivity index (χ0n) is 28.9. The molecular formula is C39H47N3O8. The molecule has 4 rings (SSSR count). The normalized spacial score (nSPS) is 13.8. The van der Waals surface area contributed by atoms with Crippen molar-refractivity contribution < 1.29 is 38.3 Å². The molecule has 11 heteroatoms. The summed E-state index contributed by atoms with van der Waals surface area (Å²) in [5, 5.41) is 6.26. The first-order valence-electron chi connectivity index (χ1n) is 17.3. The Kier molecular flexibility index (Phi) is 14.5. The first-order chi connectivity index (χ1) is 24.3. The number of hydroxylamine groups is 2. The molecular weight excluding hydrogens is 638 g/mol. The van der Waals surface area contributed by atoms with Crippen molar-refractivity contribution in [1.29, 1.82) is 0 Å². The Hall–Kier alpha value is -5.03. The number of carbonyl (C=O) groups excluding carboxylic acids is 5. The lowest BCUT2D eigenvalue weighted by molar-refractivity contribution is -0.197. The van der Waals surface area contributed by atoms with Crippen LogP contribution in [0.2, 0.25) is 0 Å². The second-order valence-corrected chi connectivity index (χ2v) is 12.1. The van der Waals surface area contributed by atoms with Crippen LogP contribution in [0.5, 0.6) is 5.75 Å². The second kappa shape index (κ2) is 19.2. The number of imide groups is 1. The molecule has 0 aromatic heterocycles. The average molecular weight is 686 g/mol. The fourth-order valence-corrected chi connectivity index (χ4v) is 5.73. The van der Waals surface area contributed by atoms with Crippen LogP contribution >= 0.6 is 0 Å². The molecule has 11 nitrogen and oxygen atoms in total. The molecule has 1 saturated heterocycles. The fourth-order valence-electron chi connectivity index (χ4n) is 5.73. The number of carbonyl (C=O) groups is 5. The highest BCUT2D eigenvalue weighted by molar-refractivity contribution is 6.01. The standard InChI is InChI=1S/C39H47N3O8/c1-3-4-26-41-38(47)29-14-16-31(17-15-29)39(30-12-8-7-9-13-30,32-18-20-33(48-2)21-19-32)49-28-11-6-5-10-27-40-34(43)22-25-37(46)50-42-35(44)23-24-36(42)45/h7-9,12-21H,3-6,10-11,22-28H2,1-2H3,(H,40,43)(H,41,47). The van der Waals surface area contributed by atoms with Crippen LogP contribution in [0, 0.1) is 0 Å². The van der Waals surface area contributed by atoms with E-state index >= 15 is 0 Å². The minimum absolute atomic E-state index is 0.0175. The van der Waals surface area contributed by atoms with Gasteiger partial charge >= 0.3 is 5.97 Å². The molecule has 0 aliphatic carbocycles. The largest absolute Gasteiger partial charge is 0.497 e. The molecule has 266 valence electrons. The summed E-state index contributed by atoms with van der Waals surface area (Å²) in [6.07, 6.45) is 4.88. The summed E-state index contributed by atoms with van der Waals surface area (Å²) < 4.78 is 12.3. The summed E-state index contributed by atoms with van der Waals surface area (Å²) in [6.45, 7) is 3.63. The van der Waals surface area contributed by atoms with Crippen LogP contribution in [0.3, 0.4) is 0 Å². The first-order valence-corrected chi connectivity index (χ1v) is 17.3. The monoisotopic (exact) mass is 685 g/mol. The van der Waals surface area contributed by atoms with Crippen LogP contribution < -0.4 is 15.4 Å². The maximum atomic E-state index is 12.8. The van der Waals surface area contributed by atoms with Gasteiger partial charge in [-0.2, -0.15) is 0 Å². The Labute approximate surface area is 293 Å². The summed E-state index contributed by atoms with van der Waals surface area (Å²) in [4.78, 5) is 64.9. The van der Waals surface area contributed by atoms with Gasteiger partial charge < -0.3 is 24.9 Å². The van der Waals surface area contributed by atoms with E-state index in [2.05, 4.69) is 17.6 Å². The van der Waals surface area contributed by atoms with Crippen molar-refractivity contribution in [1.82, 2.24) is 15.7 Å². The third-order valence-electron chi connectivity index (χ3n) is 8.51. The maximum Gasteiger partial charge on any atom is 0.333 e. The van der Waals surface area contributed by atoms with Crippen molar-refractivity contribution in [3.63, 3.8) is 0 Å². The van der Waals surface area contributed by atoms with E-state index in [1.54, 1.807) is 7.11 Å². The molecule has 3 aromatic rings. The molecule has 1 heterocycles. The fraction of sp³-hybridized carbons (Fsp3) is 0.410. The lowest BCUT2D eigenvalue weighted by Crippen LogP contribution is -2.33. The second-order valence-electron chi connectivity index (χ2n) is 12.1. The topological polar surface area (TPSA) is 140 Å². The van der Waals surface area contributed by atoms with Crippen molar-refractivity contribution in [2.75, 3.05) is 26.8 Å². The van der Waals surface area contributed by atoms with E-state index in [1.165, 1.54) is 0 Å². The van der Waals surface area contributed by atoms with Crippen LogP contribution in [0.25, 0.3) is 0 Å². The molecule has 3 aromatic carbocycles. The highest BCUT2D eigenvalue weighted by Crippen LogP contribution is 2.41. The molecule has 1 fully saturated rings. The van der Waals surface area contributed by atoms with Crippen molar-refractivity contribution >= 4 is 29.6 Å². The van der Waals surface area contributed by atoms with E-state index in [1.807, 2.05) is 78.9 Å². The SMILES string of the molecule is CCCCNC(=O)c1ccc(C(OCCCCCCNC(=O)CCC(=O)ON2C(=O)CCC2=O)(c2ccccc2)c2ccc(OC)cc2)cc1. The lowest BCUT2D eigenvalue weighted by atomic mass is 9.79. The number of amides is 4. The van der Waals surface area contributed by atoms with Crippen LogP contribution in [-0.4, -0.2) is 61.5 Å². The van der Waals surface area contributed by atoms with Crippen molar-refractivity contribution in [2.24, 2.45) is 0 Å². The first kappa shape index (κ1) is 37.8. The minimum atomic E-state index is -0.949. The highest BCUT2D eigenvalue weighted by Gasteiger charge is 2.38. The summed E-state index contributed by atoms with van der Waals surface area (Å²) >= 11 is 0. The molecule has 1 unspecified atom stereocenters. The van der Waals surface area contributed by atoms with E-state index < -0.39 is 23.4 Å². The van der Waals surface area contributed by atoms with Gasteiger partial charge in [-0.3, -0.25) is 19.2 Å². The third kappa shape index (κ3) is 10.2. The highest BCUT2D eigenvalue weighted by atomic mass is 16.7. The van der Waals surface area contributed by atoms with Gasteiger partial charge in [0, 0.05) is 44.5 Å². The van der Waals surface area contributed by atoms with E-state index in [-0.39, 0.29) is 37.5 Å². The van der Waals surface area contributed by atoms with E-state index in [0.717, 1.165) is 61.0 Å². The predicted octanol–water partition coefficient (Wildman–Crippen LogP) is 5.60. The number of ether oxygens (including phenoxy) is 2. The Balaban J connectivity index is 1.33. The number of methoxy groups -OCH3 is 1. The maximum absolute atomic E-state index is 12.8. The molecule has 4 amide bonds. The van der Waals surface area contributed by atoms with E-state index in [0.29, 0.717) is 30.3 Å².